The average molecular weight is 303 g/mol. The van der Waals surface area contributed by atoms with E-state index in [1.165, 1.54) is 83.7 Å². The first-order chi connectivity index (χ1) is 9.56. The Morgan fingerprint density at radius 2 is 0.950 bits per heavy atom. The first kappa shape index (κ1) is 20.2. The lowest BCUT2D eigenvalue weighted by Crippen LogP contribution is -2.02. The minimum absolute atomic E-state index is 0.394. The maximum atomic E-state index is 11.0. The molecule has 0 saturated heterocycles. The topological polar surface area (TPSA) is 40.1 Å². The molecule has 0 saturated carbocycles. The van der Waals surface area contributed by atoms with Gasteiger partial charge in [-0.3, -0.25) is 0 Å². The smallest absolute Gasteiger partial charge is 0.0118 e. The van der Waals surface area contributed by atoms with E-state index in [0.717, 1.165) is 12.8 Å². The molecule has 0 radical (unpaired) electrons. The molecule has 3 heteroatoms. The van der Waals surface area contributed by atoms with Gasteiger partial charge in [0, 0.05) is 7.37 Å². The SMILES string of the molecule is CCCCCCCCCCCCCCCCP(C)(=O)[O-]. The van der Waals surface area contributed by atoms with E-state index in [1.807, 2.05) is 0 Å². The Balaban J connectivity index is 3.01. The van der Waals surface area contributed by atoms with Crippen LogP contribution in [0.1, 0.15) is 96.8 Å². The fourth-order valence-electron chi connectivity index (χ4n) is 2.59. The Kier molecular flexibility index (Phi) is 14.3. The van der Waals surface area contributed by atoms with Gasteiger partial charge < -0.3 is 9.46 Å². The van der Waals surface area contributed by atoms with Crippen molar-refractivity contribution in [2.75, 3.05) is 12.8 Å². The molecule has 0 rings (SSSR count). The maximum Gasteiger partial charge on any atom is 0.0118 e. The average Bonchev–Trinajstić information content (AvgIpc) is 2.38. The molecule has 0 heterocycles. The Hall–Kier alpha value is 0.190. The van der Waals surface area contributed by atoms with Crippen molar-refractivity contribution in [1.29, 1.82) is 0 Å². The Labute approximate surface area is 127 Å². The van der Waals surface area contributed by atoms with E-state index < -0.39 is 7.37 Å². The zero-order valence-electron chi connectivity index (χ0n) is 13.9. The van der Waals surface area contributed by atoms with Crippen LogP contribution in [0.3, 0.4) is 0 Å². The predicted octanol–water partition coefficient (Wildman–Crippen LogP) is 5.74. The highest BCUT2D eigenvalue weighted by molar-refractivity contribution is 7.55. The second kappa shape index (κ2) is 14.1. The van der Waals surface area contributed by atoms with Gasteiger partial charge in [-0.25, -0.2) is 0 Å². The monoisotopic (exact) mass is 303 g/mol. The summed E-state index contributed by atoms with van der Waals surface area (Å²) in [6, 6.07) is 0. The summed E-state index contributed by atoms with van der Waals surface area (Å²) in [7, 11) is -3.00. The third kappa shape index (κ3) is 18.2. The standard InChI is InChI=1S/C17H37O2P/c1-3-4-5-6-7-8-9-10-11-12-13-14-15-16-17-20(2,18)19/h3-17H2,1-2H3,(H,18,19)/p-1. The summed E-state index contributed by atoms with van der Waals surface area (Å²) in [5.41, 5.74) is 0. The Morgan fingerprint density at radius 3 is 1.25 bits per heavy atom. The quantitative estimate of drug-likeness (QED) is 0.286. The van der Waals surface area contributed by atoms with Crippen molar-refractivity contribution >= 4 is 7.37 Å². The predicted molar refractivity (Wildman–Crippen MR) is 88.7 cm³/mol. The molecular formula is C17H36O2P-. The summed E-state index contributed by atoms with van der Waals surface area (Å²) in [4.78, 5) is 11.0. The number of hydrogen-bond acceptors (Lipinski definition) is 2. The molecule has 1 atom stereocenters. The summed E-state index contributed by atoms with van der Waals surface area (Å²) in [5, 5.41) is 0. The van der Waals surface area contributed by atoms with Crippen LogP contribution in [-0.4, -0.2) is 12.8 Å². The lowest BCUT2D eigenvalue weighted by Gasteiger charge is -2.16. The van der Waals surface area contributed by atoms with Crippen molar-refractivity contribution in [2.45, 2.75) is 96.8 Å². The van der Waals surface area contributed by atoms with Gasteiger partial charge in [0.05, 0.1) is 0 Å². The summed E-state index contributed by atoms with van der Waals surface area (Å²) in [6.07, 6.45) is 18.7. The molecule has 0 aromatic carbocycles. The molecule has 0 N–H and O–H groups in total. The van der Waals surface area contributed by atoms with Gasteiger partial charge in [-0.15, -0.1) is 0 Å². The van der Waals surface area contributed by atoms with Gasteiger partial charge in [-0.2, -0.15) is 0 Å². The second-order valence-corrected chi connectivity index (χ2v) is 8.81. The molecule has 0 amide bonds. The third-order valence-electron chi connectivity index (χ3n) is 3.92. The van der Waals surface area contributed by atoms with Crippen molar-refractivity contribution in [3.8, 4) is 0 Å². The molecule has 20 heavy (non-hydrogen) atoms. The van der Waals surface area contributed by atoms with Crippen LogP contribution in [0.15, 0.2) is 0 Å². The molecule has 1 unspecified atom stereocenters. The molecule has 0 fully saturated rings. The molecular weight excluding hydrogens is 267 g/mol. The van der Waals surface area contributed by atoms with Crippen molar-refractivity contribution in [2.24, 2.45) is 0 Å². The zero-order valence-corrected chi connectivity index (χ0v) is 14.8. The minimum Gasteiger partial charge on any atom is -0.799 e. The second-order valence-electron chi connectivity index (χ2n) is 6.33. The van der Waals surface area contributed by atoms with Crippen molar-refractivity contribution < 1.29 is 9.46 Å². The zero-order chi connectivity index (χ0) is 15.1. The van der Waals surface area contributed by atoms with Crippen molar-refractivity contribution in [3.63, 3.8) is 0 Å². The van der Waals surface area contributed by atoms with E-state index in [-0.39, 0.29) is 0 Å². The van der Waals surface area contributed by atoms with Crippen LogP contribution in [0.25, 0.3) is 0 Å². The van der Waals surface area contributed by atoms with E-state index in [4.69, 9.17) is 0 Å². The van der Waals surface area contributed by atoms with Crippen LogP contribution < -0.4 is 4.89 Å². The van der Waals surface area contributed by atoms with Gasteiger partial charge in [-0.05, 0) is 19.2 Å². The highest BCUT2D eigenvalue weighted by Gasteiger charge is 1.98. The lowest BCUT2D eigenvalue weighted by atomic mass is 10.0. The van der Waals surface area contributed by atoms with Crippen LogP contribution >= 0.6 is 7.37 Å². The molecule has 0 aliphatic rings. The molecule has 2 nitrogen and oxygen atoms in total. The highest BCUT2D eigenvalue weighted by atomic mass is 31.2. The molecule has 0 aliphatic heterocycles. The van der Waals surface area contributed by atoms with Crippen LogP contribution in [0.4, 0.5) is 0 Å². The van der Waals surface area contributed by atoms with E-state index in [2.05, 4.69) is 6.92 Å². The van der Waals surface area contributed by atoms with Gasteiger partial charge in [-0.1, -0.05) is 90.4 Å². The molecule has 122 valence electrons. The summed E-state index contributed by atoms with van der Waals surface area (Å²) >= 11 is 0. The molecule has 0 bridgehead atoms. The number of hydrogen-bond donors (Lipinski definition) is 0. The Morgan fingerprint density at radius 1 is 0.650 bits per heavy atom. The largest absolute Gasteiger partial charge is 0.799 e. The number of unbranched alkanes of at least 4 members (excludes halogenated alkanes) is 13. The first-order valence-corrected chi connectivity index (χ1v) is 11.1. The van der Waals surface area contributed by atoms with Gasteiger partial charge in [0.25, 0.3) is 0 Å². The first-order valence-electron chi connectivity index (χ1n) is 8.84. The summed E-state index contributed by atoms with van der Waals surface area (Å²) < 4.78 is 11.0. The maximum absolute atomic E-state index is 11.0. The van der Waals surface area contributed by atoms with E-state index in [1.54, 1.807) is 0 Å². The van der Waals surface area contributed by atoms with E-state index in [0.29, 0.717) is 6.16 Å². The van der Waals surface area contributed by atoms with Crippen LogP contribution in [-0.2, 0) is 4.57 Å². The normalized spacial score (nSPS) is 14.3. The van der Waals surface area contributed by atoms with Crippen LogP contribution in [0, 0.1) is 0 Å². The molecule has 0 spiro atoms. The fourth-order valence-corrected chi connectivity index (χ4v) is 3.39. The van der Waals surface area contributed by atoms with Gasteiger partial charge >= 0.3 is 0 Å². The van der Waals surface area contributed by atoms with E-state index >= 15 is 0 Å². The third-order valence-corrected chi connectivity index (χ3v) is 5.05. The Bertz CT molecular complexity index is 235. The van der Waals surface area contributed by atoms with Crippen molar-refractivity contribution in [3.05, 3.63) is 0 Å². The molecule has 0 aromatic rings. The minimum atomic E-state index is -3.00. The van der Waals surface area contributed by atoms with Gasteiger partial charge in [0.1, 0.15) is 0 Å². The number of rotatable bonds is 15. The van der Waals surface area contributed by atoms with Crippen molar-refractivity contribution in [1.82, 2.24) is 0 Å². The van der Waals surface area contributed by atoms with Crippen LogP contribution in [0.5, 0.6) is 0 Å². The fraction of sp³-hybridized carbons (Fsp3) is 1.00. The van der Waals surface area contributed by atoms with Gasteiger partial charge in [0.2, 0.25) is 0 Å². The summed E-state index contributed by atoms with van der Waals surface area (Å²) in [5.74, 6) is 0. The van der Waals surface area contributed by atoms with Gasteiger partial charge in [0.15, 0.2) is 0 Å². The molecule has 0 aliphatic carbocycles. The lowest BCUT2D eigenvalue weighted by molar-refractivity contribution is -0.173. The van der Waals surface area contributed by atoms with E-state index in [9.17, 15) is 9.46 Å². The van der Waals surface area contributed by atoms with Crippen LogP contribution in [0.2, 0.25) is 0 Å². The summed E-state index contributed by atoms with van der Waals surface area (Å²) in [6.45, 7) is 3.62. The highest BCUT2D eigenvalue weighted by Crippen LogP contribution is 2.31. The molecule has 0 aromatic heterocycles.